The molecule has 0 aliphatic rings. The SMILES string of the molecule is O=C(NCCCOCCO)Nc1cccc(Br)c1. The van der Waals surface area contributed by atoms with Crippen molar-refractivity contribution in [1.29, 1.82) is 0 Å². The average Bonchev–Trinajstić information content (AvgIpc) is 2.33. The summed E-state index contributed by atoms with van der Waals surface area (Å²) in [5.41, 5.74) is 0.735. The molecule has 0 heterocycles. The number of hydrogen-bond acceptors (Lipinski definition) is 3. The maximum absolute atomic E-state index is 11.5. The van der Waals surface area contributed by atoms with Crippen LogP contribution in [-0.2, 0) is 4.74 Å². The van der Waals surface area contributed by atoms with Gasteiger partial charge in [-0.3, -0.25) is 0 Å². The van der Waals surface area contributed by atoms with Crippen molar-refractivity contribution in [2.75, 3.05) is 31.7 Å². The van der Waals surface area contributed by atoms with Crippen molar-refractivity contribution in [3.05, 3.63) is 28.7 Å². The lowest BCUT2D eigenvalue weighted by atomic mass is 10.3. The van der Waals surface area contributed by atoms with Crippen LogP contribution in [0.5, 0.6) is 0 Å². The number of amides is 2. The monoisotopic (exact) mass is 316 g/mol. The van der Waals surface area contributed by atoms with Crippen LogP contribution in [0.3, 0.4) is 0 Å². The Morgan fingerprint density at radius 3 is 2.94 bits per heavy atom. The highest BCUT2D eigenvalue weighted by Crippen LogP contribution is 2.15. The second-order valence-corrected chi connectivity index (χ2v) is 4.50. The van der Waals surface area contributed by atoms with E-state index in [1.807, 2.05) is 24.3 Å². The summed E-state index contributed by atoms with van der Waals surface area (Å²) in [6.45, 7) is 1.42. The number of aliphatic hydroxyl groups is 1. The van der Waals surface area contributed by atoms with E-state index in [-0.39, 0.29) is 12.6 Å². The predicted molar refractivity (Wildman–Crippen MR) is 73.7 cm³/mol. The summed E-state index contributed by atoms with van der Waals surface area (Å²) < 4.78 is 5.99. The molecule has 100 valence electrons. The van der Waals surface area contributed by atoms with E-state index in [1.165, 1.54) is 0 Å². The van der Waals surface area contributed by atoms with Gasteiger partial charge in [0, 0.05) is 23.3 Å². The number of halogens is 1. The Hall–Kier alpha value is -1.11. The molecule has 6 heteroatoms. The van der Waals surface area contributed by atoms with Crippen LogP contribution in [0.1, 0.15) is 6.42 Å². The largest absolute Gasteiger partial charge is 0.394 e. The van der Waals surface area contributed by atoms with E-state index < -0.39 is 0 Å². The molecule has 0 fully saturated rings. The highest BCUT2D eigenvalue weighted by atomic mass is 79.9. The lowest BCUT2D eigenvalue weighted by Crippen LogP contribution is -2.30. The average molecular weight is 317 g/mol. The Labute approximate surface area is 115 Å². The topological polar surface area (TPSA) is 70.6 Å². The van der Waals surface area contributed by atoms with Gasteiger partial charge in [-0.15, -0.1) is 0 Å². The minimum Gasteiger partial charge on any atom is -0.394 e. The van der Waals surface area contributed by atoms with Crippen molar-refractivity contribution < 1.29 is 14.6 Å². The lowest BCUT2D eigenvalue weighted by molar-refractivity contribution is 0.0910. The molecule has 3 N–H and O–H groups in total. The zero-order valence-electron chi connectivity index (χ0n) is 9.99. The fraction of sp³-hybridized carbons (Fsp3) is 0.417. The van der Waals surface area contributed by atoms with E-state index in [1.54, 1.807) is 0 Å². The molecule has 0 saturated heterocycles. The quantitative estimate of drug-likeness (QED) is 0.673. The summed E-state index contributed by atoms with van der Waals surface area (Å²) >= 11 is 3.33. The third kappa shape index (κ3) is 6.58. The first-order valence-corrected chi connectivity index (χ1v) is 6.50. The van der Waals surface area contributed by atoms with Crippen LogP contribution in [-0.4, -0.2) is 37.5 Å². The van der Waals surface area contributed by atoms with Crippen molar-refractivity contribution in [3.63, 3.8) is 0 Å². The molecule has 0 unspecified atom stereocenters. The van der Waals surface area contributed by atoms with Gasteiger partial charge in [-0.2, -0.15) is 0 Å². The maximum atomic E-state index is 11.5. The summed E-state index contributed by atoms with van der Waals surface area (Å²) in [5.74, 6) is 0. The van der Waals surface area contributed by atoms with Gasteiger partial charge in [-0.1, -0.05) is 22.0 Å². The Kier molecular flexibility index (Phi) is 7.40. The molecule has 0 aromatic heterocycles. The zero-order valence-corrected chi connectivity index (χ0v) is 11.6. The van der Waals surface area contributed by atoms with Crippen molar-refractivity contribution >= 4 is 27.6 Å². The van der Waals surface area contributed by atoms with Gasteiger partial charge >= 0.3 is 6.03 Å². The number of anilines is 1. The van der Waals surface area contributed by atoms with Gasteiger partial charge in [0.1, 0.15) is 0 Å². The van der Waals surface area contributed by atoms with Crippen molar-refractivity contribution in [2.24, 2.45) is 0 Å². The predicted octanol–water partition coefficient (Wildman–Crippen LogP) is 1.97. The molecule has 0 radical (unpaired) electrons. The second kappa shape index (κ2) is 8.91. The van der Waals surface area contributed by atoms with E-state index in [4.69, 9.17) is 9.84 Å². The molecular formula is C12H17BrN2O3. The molecule has 0 aliphatic carbocycles. The first kappa shape index (κ1) is 14.9. The van der Waals surface area contributed by atoms with Crippen LogP contribution in [0, 0.1) is 0 Å². The number of carbonyl (C=O) groups is 1. The van der Waals surface area contributed by atoms with E-state index in [0.717, 1.165) is 10.2 Å². The number of carbonyl (C=O) groups excluding carboxylic acids is 1. The first-order chi connectivity index (χ1) is 8.72. The number of ether oxygens (including phenoxy) is 1. The normalized spacial score (nSPS) is 10.1. The molecule has 0 atom stereocenters. The Balaban J connectivity index is 2.14. The van der Waals surface area contributed by atoms with E-state index >= 15 is 0 Å². The van der Waals surface area contributed by atoms with Crippen molar-refractivity contribution in [3.8, 4) is 0 Å². The van der Waals surface area contributed by atoms with E-state index in [9.17, 15) is 4.79 Å². The summed E-state index contributed by atoms with van der Waals surface area (Å²) in [5, 5.41) is 13.9. The minimum atomic E-state index is -0.241. The third-order valence-electron chi connectivity index (χ3n) is 2.07. The molecule has 0 bridgehead atoms. The number of urea groups is 1. The van der Waals surface area contributed by atoms with Gasteiger partial charge in [0.2, 0.25) is 0 Å². The second-order valence-electron chi connectivity index (χ2n) is 3.58. The summed E-state index contributed by atoms with van der Waals surface area (Å²) in [7, 11) is 0. The van der Waals surface area contributed by atoms with Gasteiger partial charge in [-0.25, -0.2) is 4.79 Å². The van der Waals surface area contributed by atoms with Gasteiger partial charge in [0.05, 0.1) is 13.2 Å². The van der Waals surface area contributed by atoms with Crippen LogP contribution in [0.2, 0.25) is 0 Å². The lowest BCUT2D eigenvalue weighted by Gasteiger charge is -2.08. The number of benzene rings is 1. The Morgan fingerprint density at radius 2 is 2.22 bits per heavy atom. The molecule has 0 aliphatic heterocycles. The number of nitrogens with one attached hydrogen (secondary N) is 2. The smallest absolute Gasteiger partial charge is 0.319 e. The van der Waals surface area contributed by atoms with Crippen LogP contribution in [0.15, 0.2) is 28.7 Å². The first-order valence-electron chi connectivity index (χ1n) is 5.71. The van der Waals surface area contributed by atoms with Gasteiger partial charge in [-0.05, 0) is 24.6 Å². The van der Waals surface area contributed by atoms with Gasteiger partial charge in [0.15, 0.2) is 0 Å². The molecule has 1 aromatic carbocycles. The number of aliphatic hydroxyl groups excluding tert-OH is 1. The molecular weight excluding hydrogens is 300 g/mol. The zero-order chi connectivity index (χ0) is 13.2. The molecule has 0 saturated carbocycles. The summed E-state index contributed by atoms with van der Waals surface area (Å²) in [6.07, 6.45) is 0.714. The molecule has 1 rings (SSSR count). The van der Waals surface area contributed by atoms with Crippen LogP contribution in [0.25, 0.3) is 0 Å². The summed E-state index contributed by atoms with van der Waals surface area (Å²) in [4.78, 5) is 11.5. The van der Waals surface area contributed by atoms with Gasteiger partial charge in [0.25, 0.3) is 0 Å². The van der Waals surface area contributed by atoms with Crippen LogP contribution < -0.4 is 10.6 Å². The highest BCUT2D eigenvalue weighted by molar-refractivity contribution is 9.10. The number of rotatable bonds is 7. The number of hydrogen-bond donors (Lipinski definition) is 3. The summed E-state index contributed by atoms with van der Waals surface area (Å²) in [6, 6.07) is 7.14. The van der Waals surface area contributed by atoms with Crippen LogP contribution >= 0.6 is 15.9 Å². The van der Waals surface area contributed by atoms with Crippen molar-refractivity contribution in [2.45, 2.75) is 6.42 Å². The van der Waals surface area contributed by atoms with Crippen LogP contribution in [0.4, 0.5) is 10.5 Å². The standard InChI is InChI=1S/C12H17BrN2O3/c13-10-3-1-4-11(9-10)15-12(17)14-5-2-7-18-8-6-16/h1,3-4,9,16H,2,5-8H2,(H2,14,15,17). The molecule has 1 aromatic rings. The Morgan fingerprint density at radius 1 is 1.39 bits per heavy atom. The minimum absolute atomic E-state index is 0.0246. The van der Waals surface area contributed by atoms with Crippen molar-refractivity contribution in [1.82, 2.24) is 5.32 Å². The molecule has 0 spiro atoms. The fourth-order valence-electron chi connectivity index (χ4n) is 1.28. The van der Waals surface area contributed by atoms with Gasteiger partial charge < -0.3 is 20.5 Å². The highest BCUT2D eigenvalue weighted by Gasteiger charge is 2.00. The Bertz CT molecular complexity index is 374. The third-order valence-corrected chi connectivity index (χ3v) is 2.56. The molecule has 5 nitrogen and oxygen atoms in total. The molecule has 2 amide bonds. The fourth-order valence-corrected chi connectivity index (χ4v) is 1.68. The van der Waals surface area contributed by atoms with E-state index in [0.29, 0.717) is 26.2 Å². The molecule has 18 heavy (non-hydrogen) atoms. The van der Waals surface area contributed by atoms with E-state index in [2.05, 4.69) is 26.6 Å². The maximum Gasteiger partial charge on any atom is 0.319 e.